The largest absolute Gasteiger partial charge is 0.376 e. The molecule has 0 saturated carbocycles. The third-order valence-corrected chi connectivity index (χ3v) is 5.71. The van der Waals surface area contributed by atoms with Crippen LogP contribution in [0.2, 0.25) is 0 Å². The molecule has 2 aromatic carbocycles. The molecule has 2 heterocycles. The normalized spacial score (nSPS) is 20.9. The predicted molar refractivity (Wildman–Crippen MR) is 114 cm³/mol. The number of aromatic nitrogens is 1. The first-order valence-corrected chi connectivity index (χ1v) is 10.7. The van der Waals surface area contributed by atoms with E-state index in [1.807, 2.05) is 44.2 Å². The number of nitrogens with one attached hydrogen (secondary N) is 1. The van der Waals surface area contributed by atoms with Crippen LogP contribution >= 0.6 is 0 Å². The van der Waals surface area contributed by atoms with Gasteiger partial charge in [-0.15, -0.1) is 0 Å². The molecule has 0 spiro atoms. The molecule has 174 valence electrons. The van der Waals surface area contributed by atoms with Crippen molar-refractivity contribution >= 4 is 5.91 Å². The molecule has 9 heteroatoms. The molecular weight excluding hydrogens is 435 g/mol. The Morgan fingerprint density at radius 2 is 1.94 bits per heavy atom. The van der Waals surface area contributed by atoms with E-state index in [1.165, 1.54) is 4.90 Å². The molecule has 1 aliphatic heterocycles. The number of rotatable bonds is 5. The lowest BCUT2D eigenvalue weighted by atomic mass is 9.94. The van der Waals surface area contributed by atoms with Crippen LogP contribution < -0.4 is 5.32 Å². The van der Waals surface area contributed by atoms with Crippen molar-refractivity contribution in [3.8, 4) is 11.3 Å². The Balaban J connectivity index is 1.68. The van der Waals surface area contributed by atoms with Crippen molar-refractivity contribution in [2.24, 2.45) is 5.92 Å². The molecule has 0 radical (unpaired) electrons. The van der Waals surface area contributed by atoms with Gasteiger partial charge in [-0.25, -0.2) is 8.78 Å². The highest BCUT2D eigenvalue weighted by molar-refractivity contribution is 5.94. The third kappa shape index (κ3) is 4.65. The number of carbonyl (C=O) groups excluding carboxylic acids is 1. The Hall–Kier alpha value is -3.17. The van der Waals surface area contributed by atoms with E-state index in [4.69, 9.17) is 4.52 Å². The van der Waals surface area contributed by atoms with Crippen molar-refractivity contribution in [3.05, 3.63) is 77.2 Å². The molecule has 2 N–H and O–H groups in total. The quantitative estimate of drug-likeness (QED) is 0.596. The molecule has 33 heavy (non-hydrogen) atoms. The molecule has 1 unspecified atom stereocenters. The monoisotopic (exact) mass is 459 g/mol. The van der Waals surface area contributed by atoms with Gasteiger partial charge in [-0.3, -0.25) is 10.1 Å². The summed E-state index contributed by atoms with van der Waals surface area (Å²) in [6.45, 7) is 4.05. The van der Waals surface area contributed by atoms with E-state index >= 15 is 4.39 Å². The minimum Gasteiger partial charge on any atom is -0.376 e. The number of piperazine rings is 1. The van der Waals surface area contributed by atoms with Crippen LogP contribution in [0.25, 0.3) is 11.3 Å². The standard InChI is InChI=1S/C24H24F3N3O3/c1-13(2)10-19-23(31)28-18(14-6-4-3-5-7-14)12-30(19)24(32)21-20(27)22(33-29-21)16-9-8-15(25)11-17(16)26/h3-9,11,13,18-19,23,28,31H,10,12H2,1-2H3/t18-,19+,23?/m1/s1. The molecule has 0 aliphatic carbocycles. The second-order valence-corrected chi connectivity index (χ2v) is 8.53. The molecule has 4 rings (SSSR count). The average molecular weight is 459 g/mol. The van der Waals surface area contributed by atoms with Crippen LogP contribution in [-0.4, -0.2) is 39.9 Å². The highest BCUT2D eigenvalue weighted by Crippen LogP contribution is 2.31. The number of aliphatic hydroxyl groups excluding tert-OH is 1. The van der Waals surface area contributed by atoms with Crippen LogP contribution in [0.5, 0.6) is 0 Å². The van der Waals surface area contributed by atoms with Crippen molar-refractivity contribution in [2.45, 2.75) is 38.6 Å². The summed E-state index contributed by atoms with van der Waals surface area (Å²) in [6.07, 6.45) is -0.598. The lowest BCUT2D eigenvalue weighted by molar-refractivity contribution is -0.0228. The number of aliphatic hydroxyl groups is 1. The van der Waals surface area contributed by atoms with Gasteiger partial charge >= 0.3 is 0 Å². The zero-order valence-corrected chi connectivity index (χ0v) is 18.1. The number of hydrogen-bond acceptors (Lipinski definition) is 5. The van der Waals surface area contributed by atoms with Crippen molar-refractivity contribution in [3.63, 3.8) is 0 Å². The Morgan fingerprint density at radius 3 is 2.61 bits per heavy atom. The van der Waals surface area contributed by atoms with E-state index in [1.54, 1.807) is 0 Å². The lowest BCUT2D eigenvalue weighted by Crippen LogP contribution is -2.61. The van der Waals surface area contributed by atoms with Crippen LogP contribution in [0, 0.1) is 23.4 Å². The number of carbonyl (C=O) groups is 1. The Kier molecular flexibility index (Phi) is 6.53. The van der Waals surface area contributed by atoms with Crippen molar-refractivity contribution < 1.29 is 27.6 Å². The Morgan fingerprint density at radius 1 is 1.21 bits per heavy atom. The highest BCUT2D eigenvalue weighted by Gasteiger charge is 2.40. The van der Waals surface area contributed by atoms with E-state index in [-0.39, 0.29) is 18.0 Å². The molecule has 1 saturated heterocycles. The molecule has 0 bridgehead atoms. The number of benzene rings is 2. The Bertz CT molecular complexity index is 1140. The SMILES string of the molecule is CC(C)C[C@H]1C(O)N[C@@H](c2ccccc2)CN1C(=O)c1noc(-c2ccc(F)cc2F)c1F. The topological polar surface area (TPSA) is 78.6 Å². The summed E-state index contributed by atoms with van der Waals surface area (Å²) in [5.74, 6) is -4.24. The predicted octanol–water partition coefficient (Wildman–Crippen LogP) is 4.28. The summed E-state index contributed by atoms with van der Waals surface area (Å²) >= 11 is 0. The first-order chi connectivity index (χ1) is 15.8. The molecular formula is C24H24F3N3O3. The molecule has 1 amide bonds. The molecule has 6 nitrogen and oxygen atoms in total. The molecule has 3 aromatic rings. The van der Waals surface area contributed by atoms with Crippen LogP contribution in [-0.2, 0) is 0 Å². The maximum atomic E-state index is 15.2. The van der Waals surface area contributed by atoms with Gasteiger partial charge in [-0.1, -0.05) is 49.3 Å². The van der Waals surface area contributed by atoms with Gasteiger partial charge in [-0.05, 0) is 30.0 Å². The van der Waals surface area contributed by atoms with Crippen molar-refractivity contribution in [1.82, 2.24) is 15.4 Å². The summed E-state index contributed by atoms with van der Waals surface area (Å²) < 4.78 is 47.5. The van der Waals surface area contributed by atoms with Crippen molar-refractivity contribution in [1.29, 1.82) is 0 Å². The van der Waals surface area contributed by atoms with Gasteiger partial charge in [0.25, 0.3) is 5.91 Å². The van der Waals surface area contributed by atoms with Gasteiger partial charge in [-0.2, -0.15) is 4.39 Å². The molecule has 1 fully saturated rings. The van der Waals surface area contributed by atoms with E-state index in [9.17, 15) is 18.7 Å². The summed E-state index contributed by atoms with van der Waals surface area (Å²) in [5, 5.41) is 17.5. The zero-order chi connectivity index (χ0) is 23.7. The second-order valence-electron chi connectivity index (χ2n) is 8.53. The summed E-state index contributed by atoms with van der Waals surface area (Å²) in [7, 11) is 0. The maximum Gasteiger partial charge on any atom is 0.279 e. The fraction of sp³-hybridized carbons (Fsp3) is 0.333. The summed E-state index contributed by atoms with van der Waals surface area (Å²) in [4.78, 5) is 14.8. The van der Waals surface area contributed by atoms with Gasteiger partial charge in [0.05, 0.1) is 17.6 Å². The smallest absolute Gasteiger partial charge is 0.279 e. The first kappa shape index (κ1) is 23.0. The minimum absolute atomic E-state index is 0.140. The van der Waals surface area contributed by atoms with Crippen molar-refractivity contribution in [2.75, 3.05) is 6.54 Å². The van der Waals surface area contributed by atoms with Gasteiger partial charge in [0.2, 0.25) is 17.3 Å². The van der Waals surface area contributed by atoms with E-state index in [0.29, 0.717) is 12.5 Å². The number of amides is 1. The highest BCUT2D eigenvalue weighted by atomic mass is 19.1. The fourth-order valence-electron chi connectivity index (χ4n) is 4.12. The van der Waals surface area contributed by atoms with E-state index in [0.717, 1.165) is 17.7 Å². The van der Waals surface area contributed by atoms with Gasteiger partial charge < -0.3 is 14.5 Å². The van der Waals surface area contributed by atoms with Gasteiger partial charge in [0.15, 0.2) is 0 Å². The number of hydrogen-bond donors (Lipinski definition) is 2. The Labute approximate surface area is 189 Å². The number of nitrogens with zero attached hydrogens (tertiary/aromatic N) is 2. The minimum atomic E-state index is -1.14. The van der Waals surface area contributed by atoms with E-state index < -0.39 is 53.1 Å². The first-order valence-electron chi connectivity index (χ1n) is 10.7. The molecule has 3 atom stereocenters. The lowest BCUT2D eigenvalue weighted by Gasteiger charge is -2.44. The van der Waals surface area contributed by atoms with E-state index in [2.05, 4.69) is 10.5 Å². The van der Waals surface area contributed by atoms with Crippen LogP contribution in [0.1, 0.15) is 42.4 Å². The van der Waals surface area contributed by atoms with Crippen LogP contribution in [0.15, 0.2) is 53.1 Å². The third-order valence-electron chi connectivity index (χ3n) is 5.71. The summed E-state index contributed by atoms with van der Waals surface area (Å²) in [6, 6.07) is 10.8. The van der Waals surface area contributed by atoms with Gasteiger partial charge in [0.1, 0.15) is 17.9 Å². The van der Waals surface area contributed by atoms with Crippen LogP contribution in [0.3, 0.4) is 0 Å². The average Bonchev–Trinajstić information content (AvgIpc) is 3.16. The molecule has 1 aliphatic rings. The second kappa shape index (κ2) is 9.36. The molecule has 1 aromatic heterocycles. The van der Waals surface area contributed by atoms with Gasteiger partial charge in [0, 0.05) is 12.6 Å². The van der Waals surface area contributed by atoms with Crippen LogP contribution in [0.4, 0.5) is 13.2 Å². The number of halogens is 3. The maximum absolute atomic E-state index is 15.2. The fourth-order valence-corrected chi connectivity index (χ4v) is 4.12. The summed E-state index contributed by atoms with van der Waals surface area (Å²) in [5.41, 5.74) is -0.114. The zero-order valence-electron chi connectivity index (χ0n) is 18.1.